The van der Waals surface area contributed by atoms with Crippen LogP contribution in [0.1, 0.15) is 5.69 Å². The summed E-state index contributed by atoms with van der Waals surface area (Å²) in [5.41, 5.74) is 17.3. The number of nitrogens with zero attached hydrogens (tertiary/aromatic N) is 11. The van der Waals surface area contributed by atoms with Crippen LogP contribution in [0.3, 0.4) is 0 Å². The molecule has 10 heterocycles. The van der Waals surface area contributed by atoms with E-state index in [0.717, 1.165) is 155 Å². The Labute approximate surface area is 474 Å². The fourth-order valence-electron chi connectivity index (χ4n) is 13.0. The number of hydrogen-bond acceptors (Lipinski definition) is 7. The molecule has 0 aliphatic rings. The maximum Gasteiger partial charge on any atom is 0.164 e. The lowest BCUT2D eigenvalue weighted by Crippen LogP contribution is -2.17. The lowest BCUT2D eigenvalue weighted by molar-refractivity contribution is 1.02. The molecule has 7 aromatic carbocycles. The number of para-hydroxylation sites is 4. The summed E-state index contributed by atoms with van der Waals surface area (Å²) in [6.07, 6.45) is 15.5. The van der Waals surface area contributed by atoms with Crippen molar-refractivity contribution in [2.75, 3.05) is 0 Å². The van der Waals surface area contributed by atoms with E-state index in [1.165, 1.54) is 0 Å². The Hall–Kier alpha value is -11.4. The van der Waals surface area contributed by atoms with E-state index in [1.807, 2.05) is 61.7 Å². The Morgan fingerprint density at radius 2 is 0.614 bits per heavy atom. The van der Waals surface area contributed by atoms with E-state index in [4.69, 9.17) is 34.9 Å². The van der Waals surface area contributed by atoms with Crippen LogP contribution in [-0.4, -0.2) is 53.2 Å². The molecule has 0 bridgehead atoms. The molecule has 0 saturated carbocycles. The maximum absolute atomic E-state index is 5.92. The van der Waals surface area contributed by atoms with E-state index in [9.17, 15) is 0 Å². The number of benzene rings is 7. The van der Waals surface area contributed by atoms with Crippen molar-refractivity contribution in [1.82, 2.24) is 53.2 Å². The third-order valence-electron chi connectivity index (χ3n) is 16.4. The van der Waals surface area contributed by atoms with Crippen molar-refractivity contribution >= 4 is 87.2 Å². The van der Waals surface area contributed by atoms with Crippen molar-refractivity contribution in [3.05, 3.63) is 262 Å². The van der Waals surface area contributed by atoms with Gasteiger partial charge in [0.25, 0.3) is 0 Å². The van der Waals surface area contributed by atoms with E-state index >= 15 is 0 Å². The van der Waals surface area contributed by atoms with Crippen LogP contribution in [0, 0.1) is 6.92 Å². The largest absolute Gasteiger partial charge is 0.306 e. The van der Waals surface area contributed by atoms with Gasteiger partial charge in [-0.15, -0.1) is 0 Å². The standard InChI is InChI=1S/C72H45N11/c1-44-17-16-26-55(77-44)66-68(80-58-27-12-8-22-47(58)51-31-35-73-40-62(51)80)67(72-78-56(45-18-4-2-5-19-45)39-57(79-72)46-20-6-3-7-21-46)70(82-60-29-14-10-24-49(60)53-33-37-75-42-64(53)82)71(83-61-30-15-11-25-50(61)54-34-38-76-43-65(54)83)69(66)81-59-28-13-9-23-48(59)52-32-36-74-41-63(52)81/h2-43H,1H3. The van der Waals surface area contributed by atoms with Crippen molar-refractivity contribution in [3.8, 4) is 67.9 Å². The number of pyridine rings is 5. The maximum atomic E-state index is 5.92. The normalized spacial score (nSPS) is 11.9. The van der Waals surface area contributed by atoms with E-state index in [-0.39, 0.29) is 0 Å². The molecule has 0 aliphatic carbocycles. The molecule has 11 heteroatoms. The monoisotopic (exact) mass is 1060 g/mol. The van der Waals surface area contributed by atoms with Crippen LogP contribution in [0.4, 0.5) is 0 Å². The smallest absolute Gasteiger partial charge is 0.164 e. The fourth-order valence-corrected chi connectivity index (χ4v) is 13.0. The Bertz CT molecular complexity index is 5210. The molecular weight excluding hydrogens is 1020 g/mol. The lowest BCUT2D eigenvalue weighted by atomic mass is 9.94. The van der Waals surface area contributed by atoms with Gasteiger partial charge in [0.15, 0.2) is 5.82 Å². The quantitative estimate of drug-likeness (QED) is 0.149. The SMILES string of the molecule is Cc1cccc(-c2c(-n3c4ccccc4c4ccncc43)c(-c3nc(-c4ccccc4)cc(-c4ccccc4)n3)c(-n3c4ccccc4c4ccncc43)c(-n3c4ccccc4c4ccncc43)c2-n2c3ccccc3c3ccncc32)n1. The van der Waals surface area contributed by atoms with E-state index in [0.29, 0.717) is 5.82 Å². The van der Waals surface area contributed by atoms with Gasteiger partial charge in [-0.2, -0.15) is 0 Å². The summed E-state index contributed by atoms with van der Waals surface area (Å²) < 4.78 is 9.67. The van der Waals surface area contributed by atoms with E-state index in [2.05, 4.69) is 219 Å². The van der Waals surface area contributed by atoms with Crippen molar-refractivity contribution in [1.29, 1.82) is 0 Å². The molecule has 388 valence electrons. The molecule has 10 aromatic heterocycles. The second-order valence-corrected chi connectivity index (χ2v) is 21.0. The molecule has 0 N–H and O–H groups in total. The topological polar surface area (TPSA) is 110 Å². The van der Waals surface area contributed by atoms with Crippen molar-refractivity contribution < 1.29 is 0 Å². The molecular formula is C72H45N11. The molecule has 17 aromatic rings. The zero-order valence-corrected chi connectivity index (χ0v) is 44.7. The first-order valence-electron chi connectivity index (χ1n) is 27.7. The summed E-state index contributed by atoms with van der Waals surface area (Å²) in [7, 11) is 0. The second kappa shape index (κ2) is 18.3. The number of hydrogen-bond donors (Lipinski definition) is 0. The number of rotatable bonds is 8. The molecule has 0 saturated heterocycles. The molecule has 0 amide bonds. The average molecular weight is 1060 g/mol. The summed E-state index contributed by atoms with van der Waals surface area (Å²) in [4.78, 5) is 37.4. The van der Waals surface area contributed by atoms with Crippen LogP contribution in [0.2, 0.25) is 0 Å². The number of aromatic nitrogens is 11. The first-order chi connectivity index (χ1) is 41.2. The van der Waals surface area contributed by atoms with Crippen LogP contribution < -0.4 is 0 Å². The summed E-state index contributed by atoms with van der Waals surface area (Å²) in [6.45, 7) is 2.07. The van der Waals surface area contributed by atoms with Gasteiger partial charge in [0, 0.05) is 84.7 Å². The molecule has 83 heavy (non-hydrogen) atoms. The summed E-state index contributed by atoms with van der Waals surface area (Å²) in [5.74, 6) is 0.490. The van der Waals surface area contributed by atoms with Crippen LogP contribution in [-0.2, 0) is 0 Å². The fraction of sp³-hybridized carbons (Fsp3) is 0.0139. The first-order valence-corrected chi connectivity index (χ1v) is 27.7. The molecule has 0 fully saturated rings. The Balaban J connectivity index is 1.26. The van der Waals surface area contributed by atoms with Crippen molar-refractivity contribution in [3.63, 3.8) is 0 Å². The molecule has 17 rings (SSSR count). The second-order valence-electron chi connectivity index (χ2n) is 21.0. The Morgan fingerprint density at radius 1 is 0.265 bits per heavy atom. The molecule has 0 aliphatic heterocycles. The third kappa shape index (κ3) is 6.95. The first kappa shape index (κ1) is 46.5. The highest BCUT2D eigenvalue weighted by Crippen LogP contribution is 2.54. The molecule has 0 spiro atoms. The van der Waals surface area contributed by atoms with Gasteiger partial charge in [-0.05, 0) is 73.7 Å². The average Bonchev–Trinajstić information content (AvgIpc) is 2.38. The van der Waals surface area contributed by atoms with Gasteiger partial charge < -0.3 is 18.3 Å². The molecule has 0 radical (unpaired) electrons. The van der Waals surface area contributed by atoms with E-state index < -0.39 is 0 Å². The molecule has 0 atom stereocenters. The molecule has 11 nitrogen and oxygen atoms in total. The van der Waals surface area contributed by atoms with Gasteiger partial charge >= 0.3 is 0 Å². The zero-order chi connectivity index (χ0) is 54.7. The minimum atomic E-state index is 0.490. The van der Waals surface area contributed by atoms with Gasteiger partial charge in [-0.3, -0.25) is 24.9 Å². The third-order valence-corrected chi connectivity index (χ3v) is 16.4. The van der Waals surface area contributed by atoms with Gasteiger partial charge in [-0.25, -0.2) is 9.97 Å². The summed E-state index contributed by atoms with van der Waals surface area (Å²) >= 11 is 0. The van der Waals surface area contributed by atoms with E-state index in [1.54, 1.807) is 0 Å². The highest BCUT2D eigenvalue weighted by molar-refractivity contribution is 6.18. The minimum Gasteiger partial charge on any atom is -0.306 e. The highest BCUT2D eigenvalue weighted by Gasteiger charge is 2.37. The van der Waals surface area contributed by atoms with Gasteiger partial charge in [0.2, 0.25) is 0 Å². The highest BCUT2D eigenvalue weighted by atomic mass is 15.1. The van der Waals surface area contributed by atoms with Crippen LogP contribution in [0.5, 0.6) is 0 Å². The van der Waals surface area contributed by atoms with Gasteiger partial charge in [0.1, 0.15) is 0 Å². The summed E-state index contributed by atoms with van der Waals surface area (Å²) in [5, 5.41) is 8.43. The lowest BCUT2D eigenvalue weighted by Gasteiger charge is -2.30. The van der Waals surface area contributed by atoms with Gasteiger partial charge in [-0.1, -0.05) is 140 Å². The van der Waals surface area contributed by atoms with Crippen molar-refractivity contribution in [2.24, 2.45) is 0 Å². The number of fused-ring (bicyclic) bond motifs is 12. The van der Waals surface area contributed by atoms with Crippen LogP contribution >= 0.6 is 0 Å². The zero-order valence-electron chi connectivity index (χ0n) is 44.7. The number of aryl methyl sites for hydroxylation is 1. The Morgan fingerprint density at radius 3 is 1.02 bits per heavy atom. The van der Waals surface area contributed by atoms with Crippen LogP contribution in [0.15, 0.2) is 256 Å². The predicted octanol–water partition coefficient (Wildman–Crippen LogP) is 16.8. The molecule has 0 unspecified atom stereocenters. The Kier molecular flexibility index (Phi) is 10.3. The summed E-state index contributed by atoms with van der Waals surface area (Å²) in [6, 6.07) is 72.5. The van der Waals surface area contributed by atoms with Gasteiger partial charge in [0.05, 0.1) is 120 Å². The van der Waals surface area contributed by atoms with Crippen molar-refractivity contribution in [2.45, 2.75) is 6.92 Å². The van der Waals surface area contributed by atoms with Crippen LogP contribution in [0.25, 0.3) is 155 Å². The minimum absolute atomic E-state index is 0.490. The predicted molar refractivity (Wildman–Crippen MR) is 335 cm³/mol.